The van der Waals surface area contributed by atoms with E-state index in [0.29, 0.717) is 6.42 Å². The lowest BCUT2D eigenvalue weighted by atomic mass is 9.99. The van der Waals surface area contributed by atoms with Crippen molar-refractivity contribution in [1.82, 2.24) is 5.32 Å². The summed E-state index contributed by atoms with van der Waals surface area (Å²) in [5.74, 6) is -4.83. The van der Waals surface area contributed by atoms with Gasteiger partial charge in [-0.05, 0) is 12.3 Å². The summed E-state index contributed by atoms with van der Waals surface area (Å²) in [6.45, 7) is 3.69. The Kier molecular flexibility index (Phi) is 2.56. The van der Waals surface area contributed by atoms with Gasteiger partial charge >= 0.3 is 5.92 Å². The van der Waals surface area contributed by atoms with Crippen molar-refractivity contribution in [3.05, 3.63) is 0 Å². The maximum absolute atomic E-state index is 12.8. The first kappa shape index (κ1) is 10.4. The third-order valence-corrected chi connectivity index (χ3v) is 2.10. The number of rotatable bonds is 2. The highest BCUT2D eigenvalue weighted by Gasteiger charge is 2.56. The van der Waals surface area contributed by atoms with E-state index < -0.39 is 24.0 Å². The first-order chi connectivity index (χ1) is 5.85. The Hall–Kier alpha value is -0.710. The highest BCUT2D eigenvalue weighted by atomic mass is 19.3. The van der Waals surface area contributed by atoms with Gasteiger partial charge in [0.05, 0.1) is 6.04 Å². The van der Waals surface area contributed by atoms with E-state index in [-0.39, 0.29) is 5.92 Å². The third kappa shape index (κ3) is 1.80. The number of alkyl halides is 2. The molecule has 1 aliphatic heterocycles. The minimum Gasteiger partial charge on any atom is -0.384 e. The molecule has 13 heavy (non-hydrogen) atoms. The molecule has 3 nitrogen and oxygen atoms in total. The first-order valence-corrected chi connectivity index (χ1v) is 4.22. The molecular weight excluding hydrogens is 180 g/mol. The molecule has 76 valence electrons. The highest BCUT2D eigenvalue weighted by Crippen LogP contribution is 2.29. The maximum atomic E-state index is 12.8. The van der Waals surface area contributed by atoms with Crippen LogP contribution < -0.4 is 5.32 Å². The standard InChI is InChI=1S/C8H13F2NO2/c1-4(2)3-5-6(12)8(9,10)7(13)11-5/h4-6,12H,3H2,1-2H3,(H,11,13)/t5-,6-/m0/s1. The van der Waals surface area contributed by atoms with Crippen molar-refractivity contribution in [2.45, 2.75) is 38.3 Å². The van der Waals surface area contributed by atoms with Crippen molar-refractivity contribution in [3.63, 3.8) is 0 Å². The quantitative estimate of drug-likeness (QED) is 0.672. The van der Waals surface area contributed by atoms with Crippen molar-refractivity contribution in [2.75, 3.05) is 0 Å². The minimum absolute atomic E-state index is 0.161. The number of carbonyl (C=O) groups is 1. The van der Waals surface area contributed by atoms with Crippen LogP contribution in [0.3, 0.4) is 0 Å². The van der Waals surface area contributed by atoms with Crippen molar-refractivity contribution < 1.29 is 18.7 Å². The largest absolute Gasteiger partial charge is 0.384 e. The molecule has 1 rings (SSSR count). The number of halogens is 2. The Labute approximate surface area is 75.1 Å². The second-order valence-electron chi connectivity index (χ2n) is 3.78. The number of aliphatic hydroxyl groups is 1. The van der Waals surface area contributed by atoms with Gasteiger partial charge in [0.15, 0.2) is 0 Å². The Balaban J connectivity index is 2.68. The predicted molar refractivity (Wildman–Crippen MR) is 42.3 cm³/mol. The van der Waals surface area contributed by atoms with Crippen LogP contribution in [0, 0.1) is 5.92 Å². The van der Waals surface area contributed by atoms with Gasteiger partial charge in [0.1, 0.15) is 6.10 Å². The van der Waals surface area contributed by atoms with Crippen LogP contribution in [0.25, 0.3) is 0 Å². The fourth-order valence-corrected chi connectivity index (χ4v) is 1.43. The van der Waals surface area contributed by atoms with Gasteiger partial charge in [0.25, 0.3) is 5.91 Å². The van der Waals surface area contributed by atoms with Crippen molar-refractivity contribution >= 4 is 5.91 Å². The summed E-state index contributed by atoms with van der Waals surface area (Å²) in [5.41, 5.74) is 0. The fraction of sp³-hybridized carbons (Fsp3) is 0.875. The average molecular weight is 193 g/mol. The molecule has 0 aromatic rings. The van der Waals surface area contributed by atoms with Gasteiger partial charge in [-0.15, -0.1) is 0 Å². The van der Waals surface area contributed by atoms with E-state index in [9.17, 15) is 13.6 Å². The molecule has 1 saturated heterocycles. The van der Waals surface area contributed by atoms with Crippen LogP contribution in [0.1, 0.15) is 20.3 Å². The molecule has 0 aliphatic carbocycles. The number of carbonyl (C=O) groups excluding carboxylic acids is 1. The minimum atomic E-state index is -3.63. The number of hydrogen-bond acceptors (Lipinski definition) is 2. The normalized spacial score (nSPS) is 32.3. The number of amides is 1. The molecule has 1 aliphatic rings. The average Bonchev–Trinajstić information content (AvgIpc) is 2.15. The van der Waals surface area contributed by atoms with E-state index in [4.69, 9.17) is 5.11 Å². The number of hydrogen-bond donors (Lipinski definition) is 2. The number of nitrogens with one attached hydrogen (secondary N) is 1. The van der Waals surface area contributed by atoms with Crippen LogP contribution in [-0.2, 0) is 4.79 Å². The monoisotopic (exact) mass is 193 g/mol. The van der Waals surface area contributed by atoms with Crippen molar-refractivity contribution in [3.8, 4) is 0 Å². The van der Waals surface area contributed by atoms with E-state index in [1.165, 1.54) is 0 Å². The summed E-state index contributed by atoms with van der Waals surface area (Å²) < 4.78 is 25.5. The zero-order chi connectivity index (χ0) is 10.2. The Morgan fingerprint density at radius 2 is 2.15 bits per heavy atom. The summed E-state index contributed by atoms with van der Waals surface area (Å²) in [6.07, 6.45) is -1.52. The van der Waals surface area contributed by atoms with E-state index in [2.05, 4.69) is 5.32 Å². The zero-order valence-electron chi connectivity index (χ0n) is 7.55. The molecule has 5 heteroatoms. The topological polar surface area (TPSA) is 49.3 Å². The first-order valence-electron chi connectivity index (χ1n) is 4.22. The summed E-state index contributed by atoms with van der Waals surface area (Å²) in [6, 6.07) is -0.817. The Morgan fingerprint density at radius 3 is 2.46 bits per heavy atom. The molecule has 0 unspecified atom stereocenters. The van der Waals surface area contributed by atoms with Gasteiger partial charge in [-0.2, -0.15) is 8.78 Å². The molecule has 1 heterocycles. The molecule has 0 bridgehead atoms. The van der Waals surface area contributed by atoms with E-state index in [0.717, 1.165) is 0 Å². The van der Waals surface area contributed by atoms with Gasteiger partial charge in [-0.3, -0.25) is 4.79 Å². The lowest BCUT2D eigenvalue weighted by molar-refractivity contribution is -0.150. The van der Waals surface area contributed by atoms with Crippen LogP contribution in [0.2, 0.25) is 0 Å². The summed E-state index contributed by atoms with van der Waals surface area (Å²) in [5, 5.41) is 11.2. The molecular formula is C8H13F2NO2. The van der Waals surface area contributed by atoms with Crippen molar-refractivity contribution in [2.24, 2.45) is 5.92 Å². The Morgan fingerprint density at radius 1 is 1.62 bits per heavy atom. The van der Waals surface area contributed by atoms with Gasteiger partial charge < -0.3 is 10.4 Å². The Bertz CT molecular complexity index is 218. The van der Waals surface area contributed by atoms with Crippen LogP contribution in [-0.4, -0.2) is 29.1 Å². The second kappa shape index (κ2) is 3.21. The zero-order valence-corrected chi connectivity index (χ0v) is 7.55. The molecule has 0 aromatic carbocycles. The highest BCUT2D eigenvalue weighted by molar-refractivity contribution is 5.87. The maximum Gasteiger partial charge on any atom is 0.351 e. The molecule has 2 atom stereocenters. The molecule has 0 aromatic heterocycles. The van der Waals surface area contributed by atoms with E-state index in [1.54, 1.807) is 0 Å². The van der Waals surface area contributed by atoms with Crippen LogP contribution in [0.5, 0.6) is 0 Å². The lowest BCUT2D eigenvalue weighted by Crippen LogP contribution is -2.38. The smallest absolute Gasteiger partial charge is 0.351 e. The molecule has 0 spiro atoms. The van der Waals surface area contributed by atoms with Crippen LogP contribution in [0.4, 0.5) is 8.78 Å². The van der Waals surface area contributed by atoms with Crippen LogP contribution in [0.15, 0.2) is 0 Å². The van der Waals surface area contributed by atoms with Gasteiger partial charge in [-0.25, -0.2) is 0 Å². The third-order valence-electron chi connectivity index (χ3n) is 2.10. The van der Waals surface area contributed by atoms with Crippen LogP contribution >= 0.6 is 0 Å². The van der Waals surface area contributed by atoms with Gasteiger partial charge in [0, 0.05) is 0 Å². The van der Waals surface area contributed by atoms with Crippen molar-refractivity contribution in [1.29, 1.82) is 0 Å². The SMILES string of the molecule is CC(C)C[C@@H]1NC(=O)C(F)(F)[C@H]1O. The molecule has 1 amide bonds. The molecule has 0 radical (unpaired) electrons. The van der Waals surface area contributed by atoms with Gasteiger partial charge in [-0.1, -0.05) is 13.8 Å². The summed E-state index contributed by atoms with van der Waals surface area (Å²) >= 11 is 0. The summed E-state index contributed by atoms with van der Waals surface area (Å²) in [7, 11) is 0. The second-order valence-corrected chi connectivity index (χ2v) is 3.78. The lowest BCUT2D eigenvalue weighted by Gasteiger charge is -2.17. The summed E-state index contributed by atoms with van der Waals surface area (Å²) in [4.78, 5) is 10.7. The predicted octanol–water partition coefficient (Wildman–Crippen LogP) is 0.527. The molecule has 0 saturated carbocycles. The fourth-order valence-electron chi connectivity index (χ4n) is 1.43. The van der Waals surface area contributed by atoms with E-state index >= 15 is 0 Å². The van der Waals surface area contributed by atoms with Gasteiger partial charge in [0.2, 0.25) is 0 Å². The molecule has 1 fully saturated rings. The van der Waals surface area contributed by atoms with E-state index in [1.807, 2.05) is 13.8 Å². The number of aliphatic hydroxyl groups excluding tert-OH is 1. The molecule has 2 N–H and O–H groups in total.